The van der Waals surface area contributed by atoms with E-state index in [1.165, 1.54) is 11.3 Å². The predicted molar refractivity (Wildman–Crippen MR) is 51.9 cm³/mol. The number of nitrogens with zero attached hydrogens (tertiary/aromatic N) is 1. The van der Waals surface area contributed by atoms with Crippen molar-refractivity contribution in [3.63, 3.8) is 0 Å². The third-order valence-electron chi connectivity index (χ3n) is 1.15. The SMILES string of the molecule is N#Cc1cc(C=CCS)cs1. The normalized spacial score (nSPS) is 10.2. The zero-order chi connectivity index (χ0) is 8.10. The first-order valence-electron chi connectivity index (χ1n) is 3.13. The Labute approximate surface area is 75.4 Å². The van der Waals surface area contributed by atoms with E-state index in [0.717, 1.165) is 16.2 Å². The van der Waals surface area contributed by atoms with Crippen LogP contribution in [0.2, 0.25) is 0 Å². The lowest BCUT2D eigenvalue weighted by Crippen LogP contribution is -1.63. The van der Waals surface area contributed by atoms with Gasteiger partial charge in [0, 0.05) is 5.75 Å². The van der Waals surface area contributed by atoms with Gasteiger partial charge in [-0.3, -0.25) is 0 Å². The maximum atomic E-state index is 8.50. The largest absolute Gasteiger partial charge is 0.192 e. The zero-order valence-electron chi connectivity index (χ0n) is 5.82. The number of rotatable bonds is 2. The van der Waals surface area contributed by atoms with Crippen LogP contribution in [0.5, 0.6) is 0 Å². The average Bonchev–Trinajstić information content (AvgIpc) is 2.48. The summed E-state index contributed by atoms with van der Waals surface area (Å²) in [4.78, 5) is 0.754. The Morgan fingerprint density at radius 3 is 3.09 bits per heavy atom. The van der Waals surface area contributed by atoms with E-state index >= 15 is 0 Å². The van der Waals surface area contributed by atoms with Crippen LogP contribution in [-0.2, 0) is 0 Å². The first-order chi connectivity index (χ1) is 5.36. The molecule has 0 fully saturated rings. The molecular formula is C8H7NS2. The van der Waals surface area contributed by atoms with Gasteiger partial charge in [0.2, 0.25) is 0 Å². The quantitative estimate of drug-likeness (QED) is 0.696. The molecule has 0 N–H and O–H groups in total. The van der Waals surface area contributed by atoms with Gasteiger partial charge >= 0.3 is 0 Å². The molecule has 56 valence electrons. The van der Waals surface area contributed by atoms with Gasteiger partial charge in [-0.25, -0.2) is 0 Å². The Hall–Kier alpha value is -0.720. The third kappa shape index (κ3) is 2.41. The van der Waals surface area contributed by atoms with Gasteiger partial charge in [0.15, 0.2) is 0 Å². The van der Waals surface area contributed by atoms with Crippen molar-refractivity contribution in [2.45, 2.75) is 0 Å². The monoisotopic (exact) mass is 181 g/mol. The van der Waals surface area contributed by atoms with E-state index in [4.69, 9.17) is 5.26 Å². The third-order valence-corrected chi connectivity index (χ3v) is 2.21. The Balaban J connectivity index is 2.75. The zero-order valence-corrected chi connectivity index (χ0v) is 7.53. The Morgan fingerprint density at radius 2 is 2.55 bits per heavy atom. The fourth-order valence-corrected chi connectivity index (χ4v) is 1.46. The molecule has 3 heteroatoms. The molecule has 0 saturated heterocycles. The lowest BCUT2D eigenvalue weighted by Gasteiger charge is -1.79. The molecule has 11 heavy (non-hydrogen) atoms. The first-order valence-corrected chi connectivity index (χ1v) is 4.64. The highest BCUT2D eigenvalue weighted by atomic mass is 32.1. The maximum absolute atomic E-state index is 8.50. The van der Waals surface area contributed by atoms with Crippen LogP contribution >= 0.6 is 24.0 Å². The molecular weight excluding hydrogens is 174 g/mol. The van der Waals surface area contributed by atoms with Crippen molar-refractivity contribution in [2.75, 3.05) is 5.75 Å². The van der Waals surface area contributed by atoms with Crippen LogP contribution in [0.4, 0.5) is 0 Å². The van der Waals surface area contributed by atoms with E-state index in [9.17, 15) is 0 Å². The fraction of sp³-hybridized carbons (Fsp3) is 0.125. The van der Waals surface area contributed by atoms with Crippen LogP contribution in [0.3, 0.4) is 0 Å². The minimum absolute atomic E-state index is 0.734. The van der Waals surface area contributed by atoms with Crippen LogP contribution in [0.15, 0.2) is 17.5 Å². The summed E-state index contributed by atoms with van der Waals surface area (Å²) in [6.45, 7) is 0. The molecule has 1 aromatic rings. The van der Waals surface area contributed by atoms with Gasteiger partial charge < -0.3 is 0 Å². The molecule has 0 atom stereocenters. The summed E-state index contributed by atoms with van der Waals surface area (Å²) in [6, 6.07) is 3.95. The number of thiophene rings is 1. The summed E-state index contributed by atoms with van der Waals surface area (Å²) < 4.78 is 0. The van der Waals surface area contributed by atoms with Gasteiger partial charge in [-0.15, -0.1) is 11.3 Å². The summed E-state index contributed by atoms with van der Waals surface area (Å²) in [5, 5.41) is 10.5. The van der Waals surface area contributed by atoms with Crippen LogP contribution < -0.4 is 0 Å². The molecule has 0 radical (unpaired) electrons. The second-order valence-corrected chi connectivity index (χ2v) is 3.22. The highest BCUT2D eigenvalue weighted by Crippen LogP contribution is 2.14. The van der Waals surface area contributed by atoms with Gasteiger partial charge in [-0.05, 0) is 17.0 Å². The first kappa shape index (κ1) is 8.38. The molecule has 1 rings (SSSR count). The standard InChI is InChI=1S/C8H7NS2/c9-5-8-4-7(6-11-8)2-1-3-10/h1-2,4,6,10H,3H2. The van der Waals surface area contributed by atoms with Crippen molar-refractivity contribution in [1.29, 1.82) is 5.26 Å². The van der Waals surface area contributed by atoms with Crippen molar-refractivity contribution in [2.24, 2.45) is 0 Å². The summed E-state index contributed by atoms with van der Waals surface area (Å²) in [7, 11) is 0. The number of hydrogen-bond acceptors (Lipinski definition) is 3. The smallest absolute Gasteiger partial charge is 0.110 e. The molecule has 1 heterocycles. The predicted octanol–water partition coefficient (Wildman–Crippen LogP) is 2.56. The Kier molecular flexibility index (Phi) is 3.21. The summed E-state index contributed by atoms with van der Waals surface area (Å²) >= 11 is 5.49. The van der Waals surface area contributed by atoms with E-state index in [2.05, 4.69) is 18.7 Å². The minimum Gasteiger partial charge on any atom is -0.192 e. The van der Waals surface area contributed by atoms with Gasteiger partial charge in [0.25, 0.3) is 0 Å². The lowest BCUT2D eigenvalue weighted by atomic mass is 10.3. The number of hydrogen-bond donors (Lipinski definition) is 1. The maximum Gasteiger partial charge on any atom is 0.110 e. The Morgan fingerprint density at radius 1 is 1.73 bits per heavy atom. The van der Waals surface area contributed by atoms with E-state index in [1.807, 2.05) is 23.6 Å². The molecule has 0 saturated carbocycles. The van der Waals surface area contributed by atoms with Crippen molar-refractivity contribution in [1.82, 2.24) is 0 Å². The highest BCUT2D eigenvalue weighted by Gasteiger charge is 1.92. The molecule has 0 amide bonds. The summed E-state index contributed by atoms with van der Waals surface area (Å²) in [5.41, 5.74) is 1.08. The fourth-order valence-electron chi connectivity index (χ4n) is 0.686. The molecule has 0 aliphatic rings. The average molecular weight is 181 g/mol. The van der Waals surface area contributed by atoms with Crippen molar-refractivity contribution >= 4 is 30.0 Å². The van der Waals surface area contributed by atoms with Crippen molar-refractivity contribution in [3.05, 3.63) is 28.0 Å². The number of nitriles is 1. The van der Waals surface area contributed by atoms with E-state index in [1.54, 1.807) is 0 Å². The molecule has 0 unspecified atom stereocenters. The Bertz CT molecular complexity index is 293. The molecule has 0 aliphatic heterocycles. The highest BCUT2D eigenvalue weighted by molar-refractivity contribution is 7.80. The van der Waals surface area contributed by atoms with Crippen LogP contribution in [0.1, 0.15) is 10.4 Å². The van der Waals surface area contributed by atoms with Crippen molar-refractivity contribution < 1.29 is 0 Å². The summed E-state index contributed by atoms with van der Waals surface area (Å²) in [6.07, 6.45) is 3.91. The van der Waals surface area contributed by atoms with Crippen LogP contribution in [-0.4, -0.2) is 5.75 Å². The molecule has 0 aromatic carbocycles. The minimum atomic E-state index is 0.734. The second kappa shape index (κ2) is 4.22. The molecule has 0 spiro atoms. The van der Waals surface area contributed by atoms with Gasteiger partial charge in [-0.1, -0.05) is 12.2 Å². The van der Waals surface area contributed by atoms with E-state index < -0.39 is 0 Å². The second-order valence-electron chi connectivity index (χ2n) is 1.94. The molecule has 0 aliphatic carbocycles. The number of thiol groups is 1. The summed E-state index contributed by atoms with van der Waals surface area (Å²) in [5.74, 6) is 0.734. The van der Waals surface area contributed by atoms with Gasteiger partial charge in [0.05, 0.1) is 0 Å². The topological polar surface area (TPSA) is 23.8 Å². The van der Waals surface area contributed by atoms with Gasteiger partial charge in [0.1, 0.15) is 10.9 Å². The molecule has 0 bridgehead atoms. The van der Waals surface area contributed by atoms with E-state index in [-0.39, 0.29) is 0 Å². The van der Waals surface area contributed by atoms with Crippen LogP contribution in [0.25, 0.3) is 6.08 Å². The van der Waals surface area contributed by atoms with E-state index in [0.29, 0.717) is 0 Å². The van der Waals surface area contributed by atoms with Crippen LogP contribution in [0, 0.1) is 11.3 Å². The van der Waals surface area contributed by atoms with Crippen molar-refractivity contribution in [3.8, 4) is 6.07 Å². The lowest BCUT2D eigenvalue weighted by molar-refractivity contribution is 1.52. The van der Waals surface area contributed by atoms with Gasteiger partial charge in [-0.2, -0.15) is 17.9 Å². The molecule has 1 nitrogen and oxygen atoms in total. The molecule has 1 aromatic heterocycles.